The number of amides is 3. The van der Waals surface area contributed by atoms with E-state index in [1.807, 2.05) is 74.6 Å². The molecule has 3 aromatic rings. The Bertz CT molecular complexity index is 1090. The molecular formula is C25H30N4O4. The molecule has 8 nitrogen and oxygen atoms in total. The van der Waals surface area contributed by atoms with Crippen LogP contribution in [0.2, 0.25) is 0 Å². The summed E-state index contributed by atoms with van der Waals surface area (Å²) in [7, 11) is 0. The van der Waals surface area contributed by atoms with E-state index in [1.54, 1.807) is 0 Å². The lowest BCUT2D eigenvalue weighted by atomic mass is 10.0. The smallest absolute Gasteiger partial charge is 0.408 e. The fourth-order valence-electron chi connectivity index (χ4n) is 3.63. The molecule has 33 heavy (non-hydrogen) atoms. The third-order valence-electron chi connectivity index (χ3n) is 5.29. The standard InChI is InChI=1S/C25H30N4O4/c1-16(2)12-21(23(26)30)28-24(31)22(13-18-14-27-20-11-7-6-10-19(18)20)29-25(32)33-15-17-8-4-3-5-9-17/h3-11,14,16,21-22,27H,12-13,15H2,1-2H3,(H2,26,30)(H,28,31)(H,29,32). The zero-order valence-corrected chi connectivity index (χ0v) is 18.8. The number of alkyl carbamates (subject to hydrolysis) is 1. The average Bonchev–Trinajstić information content (AvgIpc) is 3.20. The molecule has 174 valence electrons. The number of nitrogens with one attached hydrogen (secondary N) is 3. The van der Waals surface area contributed by atoms with E-state index in [1.165, 1.54) is 0 Å². The predicted octanol–water partition coefficient (Wildman–Crippen LogP) is 3.02. The second kappa shape index (κ2) is 11.2. The first-order valence-corrected chi connectivity index (χ1v) is 11.0. The van der Waals surface area contributed by atoms with Crippen molar-refractivity contribution >= 4 is 28.8 Å². The number of aromatic amines is 1. The Balaban J connectivity index is 1.75. The van der Waals surface area contributed by atoms with E-state index in [-0.39, 0.29) is 18.9 Å². The molecule has 0 saturated carbocycles. The van der Waals surface area contributed by atoms with Gasteiger partial charge in [0.1, 0.15) is 18.7 Å². The largest absolute Gasteiger partial charge is 0.445 e. The van der Waals surface area contributed by atoms with E-state index in [4.69, 9.17) is 10.5 Å². The first kappa shape index (κ1) is 23.8. The molecule has 1 heterocycles. The van der Waals surface area contributed by atoms with Gasteiger partial charge in [-0.15, -0.1) is 0 Å². The Morgan fingerprint density at radius 2 is 1.67 bits per heavy atom. The molecule has 2 atom stereocenters. The molecule has 0 aliphatic rings. The van der Waals surface area contributed by atoms with Gasteiger partial charge in [0.05, 0.1) is 0 Å². The van der Waals surface area contributed by atoms with Gasteiger partial charge in [-0.25, -0.2) is 4.79 Å². The molecule has 0 aliphatic carbocycles. The third kappa shape index (κ3) is 6.83. The van der Waals surface area contributed by atoms with Gasteiger partial charge in [0.2, 0.25) is 11.8 Å². The Morgan fingerprint density at radius 3 is 2.36 bits per heavy atom. The van der Waals surface area contributed by atoms with Gasteiger partial charge in [-0.3, -0.25) is 9.59 Å². The van der Waals surface area contributed by atoms with Crippen LogP contribution in [0.15, 0.2) is 60.8 Å². The van der Waals surface area contributed by atoms with Gasteiger partial charge in [-0.05, 0) is 29.5 Å². The number of para-hydroxylation sites is 1. The number of primary amides is 1. The van der Waals surface area contributed by atoms with Gasteiger partial charge in [0, 0.05) is 23.5 Å². The lowest BCUT2D eigenvalue weighted by molar-refractivity contribution is -0.128. The van der Waals surface area contributed by atoms with Crippen LogP contribution in [0.1, 0.15) is 31.4 Å². The minimum atomic E-state index is -0.957. The monoisotopic (exact) mass is 450 g/mol. The molecule has 3 amide bonds. The van der Waals surface area contributed by atoms with Gasteiger partial charge >= 0.3 is 6.09 Å². The van der Waals surface area contributed by atoms with E-state index in [0.29, 0.717) is 6.42 Å². The molecule has 0 bridgehead atoms. The van der Waals surface area contributed by atoms with Crippen molar-refractivity contribution in [3.8, 4) is 0 Å². The zero-order chi connectivity index (χ0) is 23.8. The summed E-state index contributed by atoms with van der Waals surface area (Å²) in [6.45, 7) is 3.95. The van der Waals surface area contributed by atoms with Crippen LogP contribution in [0.5, 0.6) is 0 Å². The van der Waals surface area contributed by atoms with Crippen LogP contribution in [0.25, 0.3) is 10.9 Å². The summed E-state index contributed by atoms with van der Waals surface area (Å²) in [5.74, 6) is -0.963. The van der Waals surface area contributed by atoms with Gasteiger partial charge in [0.15, 0.2) is 0 Å². The predicted molar refractivity (Wildman–Crippen MR) is 126 cm³/mol. The normalized spacial score (nSPS) is 12.8. The fraction of sp³-hybridized carbons (Fsp3) is 0.320. The first-order chi connectivity index (χ1) is 15.8. The number of carbonyl (C=O) groups excluding carboxylic acids is 3. The number of carbonyl (C=O) groups is 3. The molecule has 1 aromatic heterocycles. The molecule has 2 unspecified atom stereocenters. The molecule has 0 fully saturated rings. The quantitative estimate of drug-likeness (QED) is 0.379. The van der Waals surface area contributed by atoms with E-state index < -0.39 is 30.0 Å². The number of H-pyrrole nitrogens is 1. The molecular weight excluding hydrogens is 420 g/mol. The van der Waals surface area contributed by atoms with Gasteiger partial charge in [0.25, 0.3) is 0 Å². The maximum atomic E-state index is 13.1. The van der Waals surface area contributed by atoms with Crippen LogP contribution in [-0.4, -0.2) is 35.0 Å². The molecule has 5 N–H and O–H groups in total. The van der Waals surface area contributed by atoms with Crippen molar-refractivity contribution in [2.75, 3.05) is 0 Å². The highest BCUT2D eigenvalue weighted by molar-refractivity contribution is 5.92. The van der Waals surface area contributed by atoms with E-state index in [2.05, 4.69) is 15.6 Å². The highest BCUT2D eigenvalue weighted by atomic mass is 16.5. The van der Waals surface area contributed by atoms with Crippen molar-refractivity contribution in [3.05, 3.63) is 71.9 Å². The maximum absolute atomic E-state index is 13.1. The van der Waals surface area contributed by atoms with Gasteiger partial charge < -0.3 is 26.1 Å². The molecule has 2 aromatic carbocycles. The number of fused-ring (bicyclic) bond motifs is 1. The summed E-state index contributed by atoms with van der Waals surface area (Å²) < 4.78 is 5.30. The van der Waals surface area contributed by atoms with E-state index in [0.717, 1.165) is 22.0 Å². The minimum Gasteiger partial charge on any atom is -0.445 e. The van der Waals surface area contributed by atoms with Crippen molar-refractivity contribution in [1.82, 2.24) is 15.6 Å². The average molecular weight is 451 g/mol. The van der Waals surface area contributed by atoms with Crippen LogP contribution in [0, 0.1) is 5.92 Å². The number of ether oxygens (including phenoxy) is 1. The van der Waals surface area contributed by atoms with Crippen molar-refractivity contribution in [3.63, 3.8) is 0 Å². The number of nitrogens with two attached hydrogens (primary N) is 1. The number of hydrogen-bond donors (Lipinski definition) is 4. The Kier molecular flexibility index (Phi) is 8.07. The zero-order valence-electron chi connectivity index (χ0n) is 18.8. The Labute approximate surface area is 192 Å². The fourth-order valence-corrected chi connectivity index (χ4v) is 3.63. The Morgan fingerprint density at radius 1 is 0.970 bits per heavy atom. The number of aromatic nitrogens is 1. The molecule has 0 radical (unpaired) electrons. The molecule has 3 rings (SSSR count). The van der Waals surface area contributed by atoms with Crippen molar-refractivity contribution in [1.29, 1.82) is 0 Å². The van der Waals surface area contributed by atoms with Crippen molar-refractivity contribution < 1.29 is 19.1 Å². The van der Waals surface area contributed by atoms with Crippen LogP contribution in [0.3, 0.4) is 0 Å². The van der Waals surface area contributed by atoms with Crippen LogP contribution < -0.4 is 16.4 Å². The molecule has 8 heteroatoms. The topological polar surface area (TPSA) is 126 Å². The van der Waals surface area contributed by atoms with E-state index >= 15 is 0 Å². The highest BCUT2D eigenvalue weighted by Gasteiger charge is 2.27. The summed E-state index contributed by atoms with van der Waals surface area (Å²) in [4.78, 5) is 40.6. The molecule has 0 spiro atoms. The highest BCUT2D eigenvalue weighted by Crippen LogP contribution is 2.19. The third-order valence-corrected chi connectivity index (χ3v) is 5.29. The number of benzene rings is 2. The van der Waals surface area contributed by atoms with Crippen LogP contribution in [0.4, 0.5) is 4.79 Å². The molecule has 0 aliphatic heterocycles. The maximum Gasteiger partial charge on any atom is 0.408 e. The van der Waals surface area contributed by atoms with Gasteiger partial charge in [-0.2, -0.15) is 0 Å². The second-order valence-electron chi connectivity index (χ2n) is 8.42. The summed E-state index contributed by atoms with van der Waals surface area (Å²) in [6.07, 6.45) is 1.70. The first-order valence-electron chi connectivity index (χ1n) is 11.0. The van der Waals surface area contributed by atoms with E-state index in [9.17, 15) is 14.4 Å². The summed E-state index contributed by atoms with van der Waals surface area (Å²) in [5, 5.41) is 6.29. The van der Waals surface area contributed by atoms with Gasteiger partial charge in [-0.1, -0.05) is 62.4 Å². The van der Waals surface area contributed by atoms with Crippen molar-refractivity contribution in [2.45, 2.75) is 45.4 Å². The lowest BCUT2D eigenvalue weighted by Gasteiger charge is -2.22. The summed E-state index contributed by atoms with van der Waals surface area (Å²) in [5.41, 5.74) is 8.10. The number of hydrogen-bond acceptors (Lipinski definition) is 4. The molecule has 0 saturated heterocycles. The lowest BCUT2D eigenvalue weighted by Crippen LogP contribution is -2.54. The number of rotatable bonds is 10. The SMILES string of the molecule is CC(C)CC(NC(=O)C(Cc1c[nH]c2ccccc12)NC(=O)OCc1ccccc1)C(N)=O. The minimum absolute atomic E-state index is 0.0748. The summed E-state index contributed by atoms with van der Waals surface area (Å²) in [6, 6.07) is 15.2. The summed E-state index contributed by atoms with van der Waals surface area (Å²) >= 11 is 0. The second-order valence-corrected chi connectivity index (χ2v) is 8.42. The van der Waals surface area contributed by atoms with Crippen molar-refractivity contribution in [2.24, 2.45) is 11.7 Å². The van der Waals surface area contributed by atoms with Crippen LogP contribution in [-0.2, 0) is 27.4 Å². The van der Waals surface area contributed by atoms with Crippen LogP contribution >= 0.6 is 0 Å². The Hall–Kier alpha value is -3.81.